The summed E-state index contributed by atoms with van der Waals surface area (Å²) in [6.07, 6.45) is 3.61. The summed E-state index contributed by atoms with van der Waals surface area (Å²) in [5.74, 6) is -1.16. The van der Waals surface area contributed by atoms with Crippen LogP contribution in [0.4, 0.5) is 5.69 Å². The van der Waals surface area contributed by atoms with Gasteiger partial charge in [-0.25, -0.2) is 13.2 Å². The standard InChI is InChI=1S/C22H24Cl2N2O5S/c1-2-31-22(28)17-9-7-15(13-20(17)24)25-21(27)18-14-16(8-10-19(18)23)32(29,30)26-11-5-3-4-6-12-26/h7-10,13-14H,2-6,11-12H2,1H3,(H,25,27). The highest BCUT2D eigenvalue weighted by atomic mass is 35.5. The highest BCUT2D eigenvalue weighted by Crippen LogP contribution is 2.27. The van der Waals surface area contributed by atoms with Crippen LogP contribution in [0.25, 0.3) is 0 Å². The number of sulfonamides is 1. The van der Waals surface area contributed by atoms with Crippen LogP contribution in [0.1, 0.15) is 53.3 Å². The molecule has 0 spiro atoms. The average Bonchev–Trinajstić information content (AvgIpc) is 3.04. The Balaban J connectivity index is 1.83. The van der Waals surface area contributed by atoms with Crippen molar-refractivity contribution in [2.75, 3.05) is 25.0 Å². The van der Waals surface area contributed by atoms with E-state index in [9.17, 15) is 18.0 Å². The van der Waals surface area contributed by atoms with E-state index >= 15 is 0 Å². The number of hydrogen-bond donors (Lipinski definition) is 1. The molecule has 1 saturated heterocycles. The number of esters is 1. The minimum absolute atomic E-state index is 0.0182. The van der Waals surface area contributed by atoms with E-state index in [-0.39, 0.29) is 32.7 Å². The molecule has 0 atom stereocenters. The fourth-order valence-corrected chi connectivity index (χ4v) is 5.44. The second-order valence-corrected chi connectivity index (χ2v) is 10.1. The number of benzene rings is 2. The number of nitrogens with one attached hydrogen (secondary N) is 1. The predicted octanol–water partition coefficient (Wildman–Crippen LogP) is 4.99. The number of nitrogens with zero attached hydrogens (tertiary/aromatic N) is 1. The second kappa shape index (κ2) is 10.7. The molecular formula is C22H24Cl2N2O5S. The van der Waals surface area contributed by atoms with E-state index in [1.165, 1.54) is 40.7 Å². The van der Waals surface area contributed by atoms with E-state index in [4.69, 9.17) is 27.9 Å². The fourth-order valence-electron chi connectivity index (χ4n) is 3.44. The molecule has 3 rings (SSSR count). The number of anilines is 1. The van der Waals surface area contributed by atoms with Crippen LogP contribution in [0.15, 0.2) is 41.3 Å². The van der Waals surface area contributed by atoms with Gasteiger partial charge in [0.25, 0.3) is 5.91 Å². The van der Waals surface area contributed by atoms with Gasteiger partial charge in [-0.05, 0) is 56.2 Å². The molecule has 0 aromatic heterocycles. The lowest BCUT2D eigenvalue weighted by molar-refractivity contribution is 0.0526. The van der Waals surface area contributed by atoms with Gasteiger partial charge in [-0.2, -0.15) is 4.31 Å². The molecule has 2 aromatic rings. The number of carbonyl (C=O) groups excluding carboxylic acids is 2. The summed E-state index contributed by atoms with van der Waals surface area (Å²) in [5, 5.41) is 2.87. The molecule has 0 unspecified atom stereocenters. The van der Waals surface area contributed by atoms with E-state index in [0.29, 0.717) is 18.8 Å². The quantitative estimate of drug-likeness (QED) is 0.566. The smallest absolute Gasteiger partial charge is 0.339 e. The number of ether oxygens (including phenoxy) is 1. The molecule has 32 heavy (non-hydrogen) atoms. The lowest BCUT2D eigenvalue weighted by Crippen LogP contribution is -2.32. The molecule has 1 heterocycles. The van der Waals surface area contributed by atoms with Crippen LogP contribution in [0.5, 0.6) is 0 Å². The summed E-state index contributed by atoms with van der Waals surface area (Å²) in [5.41, 5.74) is 0.521. The summed E-state index contributed by atoms with van der Waals surface area (Å²) < 4.78 is 32.5. The van der Waals surface area contributed by atoms with Crippen LogP contribution in [-0.2, 0) is 14.8 Å². The van der Waals surface area contributed by atoms with Gasteiger partial charge < -0.3 is 10.1 Å². The molecule has 1 fully saturated rings. The molecule has 1 aliphatic rings. The Morgan fingerprint density at radius 3 is 2.28 bits per heavy atom. The first-order chi connectivity index (χ1) is 15.2. The summed E-state index contributed by atoms with van der Waals surface area (Å²) in [4.78, 5) is 24.7. The van der Waals surface area contributed by atoms with Gasteiger partial charge in [-0.1, -0.05) is 36.0 Å². The number of carbonyl (C=O) groups is 2. The van der Waals surface area contributed by atoms with Gasteiger partial charge in [0.2, 0.25) is 10.0 Å². The van der Waals surface area contributed by atoms with Gasteiger partial charge in [0.1, 0.15) is 0 Å². The Bertz CT molecular complexity index is 1110. The first-order valence-corrected chi connectivity index (χ1v) is 12.5. The van der Waals surface area contributed by atoms with Crippen LogP contribution < -0.4 is 5.32 Å². The number of rotatable bonds is 6. The van der Waals surface area contributed by atoms with Gasteiger partial charge in [-0.3, -0.25) is 4.79 Å². The minimum Gasteiger partial charge on any atom is -0.462 e. The van der Waals surface area contributed by atoms with E-state index < -0.39 is 21.9 Å². The molecule has 1 amide bonds. The van der Waals surface area contributed by atoms with Gasteiger partial charge in [0, 0.05) is 18.8 Å². The van der Waals surface area contributed by atoms with Crippen molar-refractivity contribution >= 4 is 50.8 Å². The van der Waals surface area contributed by atoms with Crippen LogP contribution in [0.2, 0.25) is 10.0 Å². The van der Waals surface area contributed by atoms with Gasteiger partial charge >= 0.3 is 5.97 Å². The Kier molecular flexibility index (Phi) is 8.16. The van der Waals surface area contributed by atoms with Crippen molar-refractivity contribution in [2.24, 2.45) is 0 Å². The van der Waals surface area contributed by atoms with E-state index in [1.807, 2.05) is 0 Å². The van der Waals surface area contributed by atoms with Gasteiger partial charge in [0.15, 0.2) is 0 Å². The minimum atomic E-state index is -3.74. The zero-order valence-electron chi connectivity index (χ0n) is 17.6. The maximum atomic E-state index is 13.1. The second-order valence-electron chi connectivity index (χ2n) is 7.33. The molecule has 0 radical (unpaired) electrons. The SMILES string of the molecule is CCOC(=O)c1ccc(NC(=O)c2cc(S(=O)(=O)N3CCCCCC3)ccc2Cl)cc1Cl. The lowest BCUT2D eigenvalue weighted by Gasteiger charge is -2.20. The maximum Gasteiger partial charge on any atom is 0.339 e. The molecule has 2 aromatic carbocycles. The molecule has 0 saturated carbocycles. The summed E-state index contributed by atoms with van der Waals surface area (Å²) in [7, 11) is -3.74. The Morgan fingerprint density at radius 2 is 1.66 bits per heavy atom. The molecule has 0 aliphatic carbocycles. The lowest BCUT2D eigenvalue weighted by atomic mass is 10.1. The Labute approximate surface area is 197 Å². The van der Waals surface area contributed by atoms with E-state index in [0.717, 1.165) is 25.7 Å². The molecule has 1 N–H and O–H groups in total. The zero-order valence-corrected chi connectivity index (χ0v) is 19.9. The summed E-state index contributed by atoms with van der Waals surface area (Å²) >= 11 is 12.3. The zero-order chi connectivity index (χ0) is 23.3. The summed E-state index contributed by atoms with van der Waals surface area (Å²) in [6.45, 7) is 2.81. The maximum absolute atomic E-state index is 13.1. The first-order valence-electron chi connectivity index (χ1n) is 10.3. The van der Waals surface area contributed by atoms with Crippen molar-refractivity contribution in [3.63, 3.8) is 0 Å². The van der Waals surface area contributed by atoms with Crippen molar-refractivity contribution in [3.8, 4) is 0 Å². The van der Waals surface area contributed by atoms with Crippen molar-refractivity contribution in [2.45, 2.75) is 37.5 Å². The van der Waals surface area contributed by atoms with E-state index in [2.05, 4.69) is 5.32 Å². The largest absolute Gasteiger partial charge is 0.462 e. The highest BCUT2D eigenvalue weighted by Gasteiger charge is 2.26. The van der Waals surface area contributed by atoms with Gasteiger partial charge in [0.05, 0.1) is 32.7 Å². The molecule has 172 valence electrons. The van der Waals surface area contributed by atoms with Crippen molar-refractivity contribution in [1.29, 1.82) is 0 Å². The third kappa shape index (κ3) is 5.61. The van der Waals surface area contributed by atoms with Crippen LogP contribution in [-0.4, -0.2) is 44.3 Å². The number of hydrogen-bond acceptors (Lipinski definition) is 5. The first kappa shape index (κ1) is 24.5. The third-order valence-corrected chi connectivity index (χ3v) is 7.64. The van der Waals surface area contributed by atoms with Crippen molar-refractivity contribution in [3.05, 3.63) is 57.6 Å². The Morgan fingerprint density at radius 1 is 0.969 bits per heavy atom. The third-order valence-electron chi connectivity index (χ3n) is 5.11. The molecule has 0 bridgehead atoms. The van der Waals surface area contributed by atoms with Crippen molar-refractivity contribution < 1.29 is 22.7 Å². The topological polar surface area (TPSA) is 92.8 Å². The molecular weight excluding hydrogens is 475 g/mol. The normalized spacial score (nSPS) is 15.1. The Hall–Kier alpha value is -2.13. The van der Waals surface area contributed by atoms with Crippen LogP contribution in [0, 0.1) is 0 Å². The monoisotopic (exact) mass is 498 g/mol. The van der Waals surface area contributed by atoms with Crippen LogP contribution >= 0.6 is 23.2 Å². The van der Waals surface area contributed by atoms with Gasteiger partial charge in [-0.15, -0.1) is 0 Å². The molecule has 7 nitrogen and oxygen atoms in total. The predicted molar refractivity (Wildman–Crippen MR) is 124 cm³/mol. The molecule has 1 aliphatic heterocycles. The fraction of sp³-hybridized carbons (Fsp3) is 0.364. The number of halogens is 2. The number of amides is 1. The van der Waals surface area contributed by atoms with E-state index in [1.54, 1.807) is 6.92 Å². The molecule has 10 heteroatoms. The van der Waals surface area contributed by atoms with Crippen LogP contribution in [0.3, 0.4) is 0 Å². The van der Waals surface area contributed by atoms with Crippen molar-refractivity contribution in [1.82, 2.24) is 4.31 Å². The summed E-state index contributed by atoms with van der Waals surface area (Å²) in [6, 6.07) is 8.45. The average molecular weight is 499 g/mol. The highest BCUT2D eigenvalue weighted by molar-refractivity contribution is 7.89.